The lowest BCUT2D eigenvalue weighted by Crippen LogP contribution is -2.63. The third-order valence-corrected chi connectivity index (χ3v) is 11.9. The van der Waals surface area contributed by atoms with Gasteiger partial charge in [0.15, 0.2) is 0 Å². The molecule has 2 N–H and O–H groups in total. The van der Waals surface area contributed by atoms with Crippen molar-refractivity contribution < 1.29 is 24.2 Å². The SMILES string of the molecule is CC(=O)O[C@@H]1C[C@@]2(O)[C@@H]3CC[C@@H]4C[C@H](N5CCNCC5)CC[C@@]4(C)[C@@H]3CC[C@]2(C)[C@H]1C1=CC(=O)OC1. The van der Waals surface area contributed by atoms with E-state index in [2.05, 4.69) is 24.1 Å². The third-order valence-electron chi connectivity index (χ3n) is 11.9. The summed E-state index contributed by atoms with van der Waals surface area (Å²) >= 11 is 0. The molecule has 0 bridgehead atoms. The summed E-state index contributed by atoms with van der Waals surface area (Å²) in [6.45, 7) is 10.9. The fraction of sp³-hybridized carbons (Fsp3) is 0.862. The van der Waals surface area contributed by atoms with Gasteiger partial charge >= 0.3 is 11.9 Å². The van der Waals surface area contributed by atoms with Crippen LogP contribution in [0.15, 0.2) is 11.6 Å². The molecule has 6 rings (SSSR count). The fourth-order valence-corrected chi connectivity index (χ4v) is 10.1. The quantitative estimate of drug-likeness (QED) is 0.576. The maximum absolute atomic E-state index is 12.6. The molecule has 0 amide bonds. The maximum atomic E-state index is 12.6. The molecule has 7 nitrogen and oxygen atoms in total. The maximum Gasteiger partial charge on any atom is 0.331 e. The van der Waals surface area contributed by atoms with Gasteiger partial charge < -0.3 is 19.9 Å². The number of nitrogens with one attached hydrogen (secondary N) is 1. The number of cyclic esters (lactones) is 1. The molecule has 2 aliphatic heterocycles. The molecule has 9 atom stereocenters. The Hall–Kier alpha value is -1.44. The number of ether oxygens (including phenoxy) is 2. The summed E-state index contributed by atoms with van der Waals surface area (Å²) < 4.78 is 11.1. The van der Waals surface area contributed by atoms with Crippen molar-refractivity contribution >= 4 is 11.9 Å². The lowest BCUT2D eigenvalue weighted by atomic mass is 9.43. The number of carbonyl (C=O) groups excluding carboxylic acids is 2. The summed E-state index contributed by atoms with van der Waals surface area (Å²) in [4.78, 5) is 26.8. The molecule has 0 spiro atoms. The zero-order chi connectivity index (χ0) is 25.3. The summed E-state index contributed by atoms with van der Waals surface area (Å²) in [5, 5.41) is 16.1. The van der Waals surface area contributed by atoms with Gasteiger partial charge in [0.1, 0.15) is 12.7 Å². The van der Waals surface area contributed by atoms with Crippen molar-refractivity contribution in [1.29, 1.82) is 0 Å². The van der Waals surface area contributed by atoms with E-state index in [0.717, 1.165) is 37.9 Å². The van der Waals surface area contributed by atoms with Crippen molar-refractivity contribution in [2.75, 3.05) is 32.8 Å². The van der Waals surface area contributed by atoms with Gasteiger partial charge in [-0.2, -0.15) is 0 Å². The largest absolute Gasteiger partial charge is 0.462 e. The van der Waals surface area contributed by atoms with Gasteiger partial charge in [-0.05, 0) is 73.7 Å². The van der Waals surface area contributed by atoms with E-state index in [9.17, 15) is 14.7 Å². The van der Waals surface area contributed by atoms with E-state index in [-0.39, 0.29) is 35.8 Å². The third kappa shape index (κ3) is 3.63. The zero-order valence-electron chi connectivity index (χ0n) is 22.3. The minimum atomic E-state index is -0.906. The van der Waals surface area contributed by atoms with Crippen molar-refractivity contribution in [1.82, 2.24) is 10.2 Å². The van der Waals surface area contributed by atoms with Gasteiger partial charge in [0.2, 0.25) is 0 Å². The van der Waals surface area contributed by atoms with Crippen LogP contribution < -0.4 is 5.32 Å². The average Bonchev–Trinajstić information content (AvgIpc) is 3.36. The first-order valence-electron chi connectivity index (χ1n) is 14.4. The Morgan fingerprint density at radius 1 is 1.14 bits per heavy atom. The molecule has 4 saturated carbocycles. The van der Waals surface area contributed by atoms with Crippen LogP contribution in [0.5, 0.6) is 0 Å². The molecule has 200 valence electrons. The molecule has 6 aliphatic rings. The Bertz CT molecular complexity index is 946. The van der Waals surface area contributed by atoms with Gasteiger partial charge in [-0.15, -0.1) is 0 Å². The number of hydrogen-bond acceptors (Lipinski definition) is 7. The highest BCUT2D eigenvalue weighted by Crippen LogP contribution is 2.70. The van der Waals surface area contributed by atoms with Crippen LogP contribution in [0.25, 0.3) is 0 Å². The molecule has 0 aromatic rings. The number of aliphatic hydroxyl groups is 1. The molecule has 36 heavy (non-hydrogen) atoms. The van der Waals surface area contributed by atoms with E-state index >= 15 is 0 Å². The van der Waals surface area contributed by atoms with E-state index in [0.29, 0.717) is 24.3 Å². The second kappa shape index (κ2) is 8.81. The van der Waals surface area contributed by atoms with Crippen molar-refractivity contribution in [3.8, 4) is 0 Å². The Kier molecular flexibility index (Phi) is 6.08. The summed E-state index contributed by atoms with van der Waals surface area (Å²) in [7, 11) is 0. The molecule has 0 unspecified atom stereocenters. The molecule has 2 heterocycles. The predicted octanol–water partition coefficient (Wildman–Crippen LogP) is 3.06. The molecule has 0 radical (unpaired) electrons. The standard InChI is InChI=1S/C29H44N2O5/c1-18(32)36-24-16-29(34)23-5-4-20-15-21(31-12-10-30-11-13-31)6-8-27(20,2)22(23)7-9-28(29,3)26(24)19-14-25(33)35-17-19/h14,20-24,26,30,34H,4-13,15-17H2,1-3H3/t20-,21-,22-,23-,24-,26+,27-,28-,29-/m1/s1. The fourth-order valence-electron chi connectivity index (χ4n) is 10.1. The van der Waals surface area contributed by atoms with Crippen molar-refractivity contribution in [3.05, 3.63) is 11.6 Å². The number of piperazine rings is 1. The van der Waals surface area contributed by atoms with Crippen molar-refractivity contribution in [2.45, 2.75) is 89.9 Å². The van der Waals surface area contributed by atoms with Gasteiger partial charge in [-0.1, -0.05) is 13.8 Å². The van der Waals surface area contributed by atoms with E-state index in [4.69, 9.17) is 9.47 Å². The number of carbonyl (C=O) groups is 2. The molecule has 0 aromatic carbocycles. The van der Waals surface area contributed by atoms with Crippen LogP contribution in [0.1, 0.15) is 72.1 Å². The van der Waals surface area contributed by atoms with Crippen molar-refractivity contribution in [2.24, 2.45) is 34.5 Å². The molecule has 4 aliphatic carbocycles. The van der Waals surface area contributed by atoms with Crippen LogP contribution in [-0.4, -0.2) is 72.5 Å². The predicted molar refractivity (Wildman–Crippen MR) is 135 cm³/mol. The Labute approximate surface area is 215 Å². The Morgan fingerprint density at radius 3 is 2.61 bits per heavy atom. The number of fused-ring (bicyclic) bond motifs is 5. The van der Waals surface area contributed by atoms with Crippen LogP contribution in [0, 0.1) is 34.5 Å². The highest BCUT2D eigenvalue weighted by atomic mass is 16.5. The highest BCUT2D eigenvalue weighted by Gasteiger charge is 2.71. The molecule has 1 saturated heterocycles. The monoisotopic (exact) mass is 500 g/mol. The van der Waals surface area contributed by atoms with Crippen LogP contribution in [-0.2, 0) is 19.1 Å². The highest BCUT2D eigenvalue weighted by molar-refractivity contribution is 5.85. The lowest BCUT2D eigenvalue weighted by molar-refractivity contribution is -0.206. The molecular formula is C29H44N2O5. The first-order chi connectivity index (χ1) is 17.2. The number of nitrogens with zero attached hydrogens (tertiary/aromatic N) is 1. The van der Waals surface area contributed by atoms with Crippen LogP contribution in [0.2, 0.25) is 0 Å². The van der Waals surface area contributed by atoms with Gasteiger partial charge in [-0.25, -0.2) is 4.79 Å². The number of rotatable bonds is 3. The molecule has 7 heteroatoms. The van der Waals surface area contributed by atoms with Crippen molar-refractivity contribution in [3.63, 3.8) is 0 Å². The van der Waals surface area contributed by atoms with E-state index in [1.807, 2.05) is 0 Å². The molecule has 5 fully saturated rings. The van der Waals surface area contributed by atoms with Gasteiger partial charge in [-0.3, -0.25) is 9.69 Å². The second-order valence-corrected chi connectivity index (χ2v) is 13.2. The molecular weight excluding hydrogens is 456 g/mol. The smallest absolute Gasteiger partial charge is 0.331 e. The Balaban J connectivity index is 1.28. The summed E-state index contributed by atoms with van der Waals surface area (Å²) in [5.41, 5.74) is -0.198. The minimum absolute atomic E-state index is 0.173. The normalized spacial score (nSPS) is 48.9. The van der Waals surface area contributed by atoms with Gasteiger partial charge in [0.05, 0.1) is 5.60 Å². The van der Waals surface area contributed by atoms with E-state index in [1.54, 1.807) is 6.08 Å². The second-order valence-electron chi connectivity index (χ2n) is 13.2. The first kappa shape index (κ1) is 24.9. The average molecular weight is 501 g/mol. The van der Waals surface area contributed by atoms with E-state index in [1.165, 1.54) is 45.7 Å². The van der Waals surface area contributed by atoms with Gasteiger partial charge in [0, 0.05) is 63.0 Å². The van der Waals surface area contributed by atoms with Crippen LogP contribution >= 0.6 is 0 Å². The van der Waals surface area contributed by atoms with Gasteiger partial charge in [0.25, 0.3) is 0 Å². The Morgan fingerprint density at radius 2 is 1.92 bits per heavy atom. The minimum Gasteiger partial charge on any atom is -0.462 e. The number of esters is 2. The summed E-state index contributed by atoms with van der Waals surface area (Å²) in [6, 6.07) is 0.703. The first-order valence-corrected chi connectivity index (χ1v) is 14.4. The lowest BCUT2D eigenvalue weighted by Gasteiger charge is -2.64. The number of hydrogen-bond donors (Lipinski definition) is 2. The van der Waals surface area contributed by atoms with E-state index < -0.39 is 17.1 Å². The topological polar surface area (TPSA) is 88.1 Å². The van der Waals surface area contributed by atoms with Crippen LogP contribution in [0.3, 0.4) is 0 Å². The van der Waals surface area contributed by atoms with Crippen LogP contribution in [0.4, 0.5) is 0 Å². The zero-order valence-corrected chi connectivity index (χ0v) is 22.3. The summed E-state index contributed by atoms with van der Waals surface area (Å²) in [6.07, 6.45) is 9.63. The summed E-state index contributed by atoms with van der Waals surface area (Å²) in [5.74, 6) is 0.590. The molecule has 0 aromatic heterocycles.